The van der Waals surface area contributed by atoms with Gasteiger partial charge in [-0.15, -0.1) is 0 Å². The largest absolute Gasteiger partial charge is 0.481 e. The summed E-state index contributed by atoms with van der Waals surface area (Å²) in [5, 5.41) is 20.2. The predicted molar refractivity (Wildman–Crippen MR) is 77.6 cm³/mol. The van der Waals surface area contributed by atoms with Crippen molar-refractivity contribution in [2.75, 3.05) is 0 Å². The highest BCUT2D eigenvalue weighted by atomic mass is 16.4. The Morgan fingerprint density at radius 1 is 1.33 bits per heavy atom. The third kappa shape index (κ3) is 1.99. The quantitative estimate of drug-likeness (QED) is 0.779. The third-order valence-electron chi connectivity index (χ3n) is 6.51. The number of allylic oxidation sites excluding steroid dienone is 1. The Morgan fingerprint density at radius 2 is 2.05 bits per heavy atom. The van der Waals surface area contributed by atoms with Gasteiger partial charge >= 0.3 is 5.97 Å². The zero-order chi connectivity index (χ0) is 15.4. The van der Waals surface area contributed by atoms with Gasteiger partial charge in [0.25, 0.3) is 0 Å². The first kappa shape index (κ1) is 14.8. The van der Waals surface area contributed by atoms with Crippen LogP contribution in [0.15, 0.2) is 11.6 Å². The average molecular weight is 292 g/mol. The van der Waals surface area contributed by atoms with Crippen LogP contribution in [0.25, 0.3) is 0 Å². The van der Waals surface area contributed by atoms with Gasteiger partial charge in [-0.2, -0.15) is 0 Å². The number of carboxylic acid groups (broad SMARTS) is 1. The summed E-state index contributed by atoms with van der Waals surface area (Å²) in [6, 6.07) is 0. The third-order valence-corrected chi connectivity index (χ3v) is 6.51. The number of rotatable bonds is 1. The van der Waals surface area contributed by atoms with E-state index in [2.05, 4.69) is 6.92 Å². The molecule has 0 aliphatic heterocycles. The molecule has 3 aliphatic carbocycles. The summed E-state index contributed by atoms with van der Waals surface area (Å²) in [6.45, 7) is 4.02. The van der Waals surface area contributed by atoms with Crippen LogP contribution in [0.3, 0.4) is 0 Å². The van der Waals surface area contributed by atoms with Crippen molar-refractivity contribution in [1.82, 2.24) is 0 Å². The summed E-state index contributed by atoms with van der Waals surface area (Å²) in [7, 11) is 0. The van der Waals surface area contributed by atoms with Crippen molar-refractivity contribution in [3.05, 3.63) is 11.6 Å². The summed E-state index contributed by atoms with van der Waals surface area (Å²) >= 11 is 0. The molecule has 0 aromatic heterocycles. The summed E-state index contributed by atoms with van der Waals surface area (Å²) in [5.74, 6) is -0.520. The van der Waals surface area contributed by atoms with Crippen molar-refractivity contribution >= 4 is 11.8 Å². The number of carbonyl (C=O) groups is 2. The molecule has 3 aliphatic rings. The maximum absolute atomic E-state index is 11.8. The molecule has 4 heteroatoms. The Labute approximate surface area is 125 Å². The first-order chi connectivity index (χ1) is 9.79. The number of carboxylic acids is 1. The van der Waals surface area contributed by atoms with E-state index in [9.17, 15) is 19.8 Å². The zero-order valence-corrected chi connectivity index (χ0v) is 12.8. The molecule has 2 N–H and O–H groups in total. The second kappa shape index (κ2) is 4.67. The summed E-state index contributed by atoms with van der Waals surface area (Å²) < 4.78 is 0. The van der Waals surface area contributed by atoms with Crippen molar-refractivity contribution in [3.63, 3.8) is 0 Å². The average Bonchev–Trinajstić information content (AvgIpc) is 2.41. The minimum atomic E-state index is -0.763. The topological polar surface area (TPSA) is 74.6 Å². The molecule has 0 unspecified atom stereocenters. The number of aliphatic hydroxyl groups excluding tert-OH is 1. The molecule has 0 amide bonds. The van der Waals surface area contributed by atoms with Crippen LogP contribution in [0.5, 0.6) is 0 Å². The van der Waals surface area contributed by atoms with E-state index in [1.165, 1.54) is 0 Å². The van der Waals surface area contributed by atoms with E-state index in [1.807, 2.05) is 6.92 Å². The van der Waals surface area contributed by atoms with Gasteiger partial charge in [-0.25, -0.2) is 0 Å². The van der Waals surface area contributed by atoms with E-state index in [1.54, 1.807) is 6.08 Å². The molecule has 0 aromatic carbocycles. The van der Waals surface area contributed by atoms with Crippen molar-refractivity contribution in [2.24, 2.45) is 22.7 Å². The van der Waals surface area contributed by atoms with Gasteiger partial charge in [0.2, 0.25) is 0 Å². The van der Waals surface area contributed by atoms with E-state index >= 15 is 0 Å². The van der Waals surface area contributed by atoms with Crippen LogP contribution in [0, 0.1) is 22.7 Å². The van der Waals surface area contributed by atoms with Gasteiger partial charge in [0, 0.05) is 6.42 Å². The van der Waals surface area contributed by atoms with Gasteiger partial charge < -0.3 is 10.2 Å². The lowest BCUT2D eigenvalue weighted by atomic mass is 9.45. The molecule has 3 rings (SSSR count). The minimum absolute atomic E-state index is 0.0263. The standard InChI is InChI=1S/C17H24O4/c1-16-6-3-7-17(2,15(20)21)14(16)9-13(19)11-8-10(18)4-5-12(11)16/h8,12-14,19H,3-7,9H2,1-2H3,(H,20,21)/t12-,13+,14+,16+,17-/m0/s1. The van der Waals surface area contributed by atoms with Gasteiger partial charge in [0.1, 0.15) is 0 Å². The number of fused-ring (bicyclic) bond motifs is 3. The van der Waals surface area contributed by atoms with Crippen LogP contribution < -0.4 is 0 Å². The molecule has 21 heavy (non-hydrogen) atoms. The molecule has 116 valence electrons. The lowest BCUT2D eigenvalue weighted by Gasteiger charge is -2.59. The highest BCUT2D eigenvalue weighted by molar-refractivity contribution is 5.91. The first-order valence-electron chi connectivity index (χ1n) is 7.95. The van der Waals surface area contributed by atoms with E-state index in [0.717, 1.165) is 24.8 Å². The lowest BCUT2D eigenvalue weighted by molar-refractivity contribution is -0.168. The van der Waals surface area contributed by atoms with E-state index in [-0.39, 0.29) is 23.0 Å². The fraction of sp³-hybridized carbons (Fsp3) is 0.765. The summed E-state index contributed by atoms with van der Waals surface area (Å²) in [6.07, 6.45) is 5.29. The summed E-state index contributed by atoms with van der Waals surface area (Å²) in [4.78, 5) is 23.5. The molecule has 0 aromatic rings. The molecule has 2 saturated carbocycles. The Kier molecular flexibility index (Phi) is 3.28. The maximum Gasteiger partial charge on any atom is 0.309 e. The minimum Gasteiger partial charge on any atom is -0.481 e. The molecule has 0 bridgehead atoms. The van der Waals surface area contributed by atoms with Crippen LogP contribution >= 0.6 is 0 Å². The zero-order valence-electron chi connectivity index (χ0n) is 12.8. The molecular formula is C17H24O4. The van der Waals surface area contributed by atoms with Crippen molar-refractivity contribution in [2.45, 2.75) is 58.5 Å². The Balaban J connectivity index is 2.06. The van der Waals surface area contributed by atoms with E-state index in [0.29, 0.717) is 19.3 Å². The molecular weight excluding hydrogens is 268 g/mol. The van der Waals surface area contributed by atoms with Crippen LogP contribution in [-0.4, -0.2) is 28.1 Å². The maximum atomic E-state index is 11.8. The van der Waals surface area contributed by atoms with Gasteiger partial charge in [-0.05, 0) is 61.5 Å². The molecule has 0 radical (unpaired) electrons. The number of hydrogen-bond donors (Lipinski definition) is 2. The van der Waals surface area contributed by atoms with Crippen LogP contribution in [-0.2, 0) is 9.59 Å². The van der Waals surface area contributed by atoms with Gasteiger partial charge in [0.05, 0.1) is 11.5 Å². The molecule has 5 atom stereocenters. The van der Waals surface area contributed by atoms with E-state index in [4.69, 9.17) is 0 Å². The first-order valence-corrected chi connectivity index (χ1v) is 7.95. The number of aliphatic carboxylic acids is 1. The predicted octanol–water partition coefficient (Wildman–Crippen LogP) is 2.55. The second-order valence-electron chi connectivity index (χ2n) is 7.59. The molecule has 4 nitrogen and oxygen atoms in total. The second-order valence-corrected chi connectivity index (χ2v) is 7.59. The smallest absolute Gasteiger partial charge is 0.309 e. The molecule has 0 heterocycles. The lowest BCUT2D eigenvalue weighted by Crippen LogP contribution is -2.56. The van der Waals surface area contributed by atoms with Crippen LogP contribution in [0.2, 0.25) is 0 Å². The SMILES string of the molecule is C[C@]12CCC[C@](C)(C(=O)O)[C@@H]1C[C@@H](O)C1=CC(=O)CC[C@@H]12. The van der Waals surface area contributed by atoms with Gasteiger partial charge in [-0.3, -0.25) is 9.59 Å². The summed E-state index contributed by atoms with van der Waals surface area (Å²) in [5.41, 5.74) is -0.0161. The highest BCUT2D eigenvalue weighted by Gasteiger charge is 2.59. The number of hydrogen-bond acceptors (Lipinski definition) is 3. The number of carbonyl (C=O) groups excluding carboxylic acids is 1. The fourth-order valence-electron chi connectivity index (χ4n) is 5.33. The monoisotopic (exact) mass is 292 g/mol. The van der Waals surface area contributed by atoms with E-state index < -0.39 is 17.5 Å². The van der Waals surface area contributed by atoms with Crippen LogP contribution in [0.4, 0.5) is 0 Å². The molecule has 0 spiro atoms. The van der Waals surface area contributed by atoms with Gasteiger partial charge in [-0.1, -0.05) is 13.3 Å². The molecule has 2 fully saturated rings. The Morgan fingerprint density at radius 3 is 2.71 bits per heavy atom. The number of aliphatic hydroxyl groups is 1. The van der Waals surface area contributed by atoms with Crippen molar-refractivity contribution in [1.29, 1.82) is 0 Å². The Hall–Kier alpha value is -1.16. The fourth-order valence-corrected chi connectivity index (χ4v) is 5.33. The van der Waals surface area contributed by atoms with Gasteiger partial charge in [0.15, 0.2) is 5.78 Å². The van der Waals surface area contributed by atoms with Crippen molar-refractivity contribution < 1.29 is 19.8 Å². The van der Waals surface area contributed by atoms with Crippen molar-refractivity contribution in [3.8, 4) is 0 Å². The number of ketones is 1. The molecule has 0 saturated heterocycles. The normalized spacial score (nSPS) is 46.3. The van der Waals surface area contributed by atoms with Crippen LogP contribution in [0.1, 0.15) is 52.4 Å². The Bertz CT molecular complexity index is 523. The highest BCUT2D eigenvalue weighted by Crippen LogP contribution is 2.62.